The van der Waals surface area contributed by atoms with Gasteiger partial charge in [0.05, 0.1) is 11.4 Å². The van der Waals surface area contributed by atoms with E-state index in [1.807, 2.05) is 97.1 Å². The SMILES string of the molecule is CCCCCCc1cc(C#Cc2ccc(N3C(=O)c4ccc5c6ccc7c8c(ccc(c9ccc(c4c59)C3=O)c86)C(=O)N(c3ccc(C#Cc4cc(CCCCCC)c(CCCCCC)cc4C#C[Si](C(C)C)(C(C)C)C(C)C)cc3)C7=O)cc2)c(C#C[Si](C(C)C)(C(C)C)C(C)C)cc1CCCCCC. The number of carbonyl (C=O) groups is 4. The van der Waals surface area contributed by atoms with E-state index in [0.717, 1.165) is 117 Å². The van der Waals surface area contributed by atoms with E-state index in [9.17, 15) is 0 Å². The highest BCUT2D eigenvalue weighted by Crippen LogP contribution is 2.48. The maximum absolute atomic E-state index is 15.0. The maximum Gasteiger partial charge on any atom is 0.265 e. The number of fused-ring (bicyclic) bond motifs is 2. The summed E-state index contributed by atoms with van der Waals surface area (Å²) in [6.07, 6.45) is 23.4. The molecule has 0 atom stereocenters. The van der Waals surface area contributed by atoms with Gasteiger partial charge in [-0.05, 0) is 236 Å². The van der Waals surface area contributed by atoms with Gasteiger partial charge >= 0.3 is 0 Å². The summed E-state index contributed by atoms with van der Waals surface area (Å²) in [5.41, 5.74) is 24.8. The Bertz CT molecular complexity index is 4560. The number of aryl methyl sites for hydroxylation is 4. The summed E-state index contributed by atoms with van der Waals surface area (Å²) in [6.45, 7) is 37.5. The predicted molar refractivity (Wildman–Crippen MR) is 455 cm³/mol. The van der Waals surface area contributed by atoms with Crippen LogP contribution < -0.4 is 9.80 Å². The van der Waals surface area contributed by atoms with Crippen molar-refractivity contribution >= 4 is 94.2 Å². The second kappa shape index (κ2) is 34.4. The van der Waals surface area contributed by atoms with Gasteiger partial charge in [0.2, 0.25) is 0 Å². The monoisotopic (exact) mass is 1440 g/mol. The lowest BCUT2D eigenvalue weighted by Crippen LogP contribution is -2.43. The second-order valence-electron chi connectivity index (χ2n) is 32.5. The van der Waals surface area contributed by atoms with E-state index in [-0.39, 0.29) is 0 Å². The van der Waals surface area contributed by atoms with Crippen LogP contribution in [0.25, 0.3) is 43.1 Å². The van der Waals surface area contributed by atoms with Crippen molar-refractivity contribution in [2.45, 2.75) is 272 Å². The Morgan fingerprint density at radius 3 is 0.764 bits per heavy atom. The standard InChI is InChI=1S/C98H114N2O4Si2/c1-17-21-25-29-33-73-61-77(79(63-75(73)35-31-27-23-19-3)57-59-105(65(5)6,66(7)8)67(9)10)43-37-71-39-45-81(46-40-71)99-95(101)87-53-49-83-85-51-55-89-94-90(56-52-86(92(85)94)84-50-54-88(96(99)102)93(87)91(83)84)98(104)100(97(89)103)82-47-41-72(42-48-82)38-44-78-62-74(34-30-26-22-18-2)76(36-32-28-24-20-4)64-80(78)58-60-106(68(11)12,69(13)14)70(15)16/h39-42,45-56,61-70H,17-36H2,1-16H3. The van der Waals surface area contributed by atoms with Crippen LogP contribution in [0.1, 0.15) is 311 Å². The van der Waals surface area contributed by atoms with E-state index in [1.165, 1.54) is 109 Å². The highest BCUT2D eigenvalue weighted by molar-refractivity contribution is 6.91. The van der Waals surface area contributed by atoms with Gasteiger partial charge in [0, 0.05) is 66.4 Å². The lowest BCUT2D eigenvalue weighted by atomic mass is 9.82. The number of nitrogens with zero attached hydrogens (tertiary/aromatic N) is 2. The van der Waals surface area contributed by atoms with E-state index in [1.54, 1.807) is 0 Å². The van der Waals surface area contributed by atoms with Gasteiger partial charge in [0.15, 0.2) is 0 Å². The normalized spacial score (nSPS) is 13.2. The number of carbonyl (C=O) groups excluding carboxylic acids is 4. The van der Waals surface area contributed by atoms with Crippen LogP contribution in [0.15, 0.2) is 121 Å². The molecule has 0 N–H and O–H groups in total. The maximum atomic E-state index is 15.0. The fraction of sp³-hybridized carbons (Fsp3) is 0.429. The van der Waals surface area contributed by atoms with E-state index in [4.69, 9.17) is 0 Å². The van der Waals surface area contributed by atoms with Gasteiger partial charge in [-0.2, -0.15) is 0 Å². The third-order valence-electron chi connectivity index (χ3n) is 24.0. The van der Waals surface area contributed by atoms with Crippen molar-refractivity contribution in [3.8, 4) is 46.6 Å². The fourth-order valence-corrected chi connectivity index (χ4v) is 28.7. The summed E-state index contributed by atoms with van der Waals surface area (Å²) in [4.78, 5) is 62.6. The van der Waals surface area contributed by atoms with Crippen molar-refractivity contribution in [2.24, 2.45) is 0 Å². The van der Waals surface area contributed by atoms with Gasteiger partial charge in [-0.15, -0.1) is 11.1 Å². The first kappa shape index (κ1) is 78.3. The molecule has 0 spiro atoms. The summed E-state index contributed by atoms with van der Waals surface area (Å²) < 4.78 is 0. The number of anilines is 2. The zero-order valence-corrected chi connectivity index (χ0v) is 68.7. The molecule has 11 rings (SSSR count). The Hall–Kier alpha value is -8.77. The molecule has 2 aliphatic rings. The average Bonchev–Trinajstić information content (AvgIpc) is 0.689. The summed E-state index contributed by atoms with van der Waals surface area (Å²) in [5, 5.41) is 6.14. The highest BCUT2D eigenvalue weighted by atomic mass is 28.3. The van der Waals surface area contributed by atoms with Crippen molar-refractivity contribution in [1.29, 1.82) is 0 Å². The summed E-state index contributed by atoms with van der Waals surface area (Å²) >= 11 is 0. The molecule has 2 aliphatic heterocycles. The lowest BCUT2D eigenvalue weighted by molar-refractivity contribution is 0.0877. The van der Waals surface area contributed by atoms with Crippen molar-refractivity contribution in [1.82, 2.24) is 0 Å². The van der Waals surface area contributed by atoms with Crippen molar-refractivity contribution in [3.63, 3.8) is 0 Å². The second-order valence-corrected chi connectivity index (χ2v) is 43.7. The molecule has 0 fully saturated rings. The van der Waals surface area contributed by atoms with Gasteiger partial charge in [0.25, 0.3) is 23.6 Å². The van der Waals surface area contributed by atoms with Crippen molar-refractivity contribution in [2.75, 3.05) is 9.80 Å². The highest BCUT2D eigenvalue weighted by Gasteiger charge is 2.44. The Balaban J connectivity index is 0.888. The zero-order chi connectivity index (χ0) is 75.7. The number of unbranched alkanes of at least 4 members (excludes halogenated alkanes) is 12. The van der Waals surface area contributed by atoms with Gasteiger partial charge in [-0.3, -0.25) is 19.2 Å². The van der Waals surface area contributed by atoms with Crippen LogP contribution in [0.2, 0.25) is 33.2 Å². The summed E-state index contributed by atoms with van der Waals surface area (Å²) in [7, 11) is -4.11. The lowest BCUT2D eigenvalue weighted by Gasteiger charge is -2.38. The minimum absolute atomic E-state index is 0.405. The Morgan fingerprint density at radius 1 is 0.283 bits per heavy atom. The average molecular weight is 1440 g/mol. The molecular formula is C98H114N2O4Si2. The molecule has 4 amide bonds. The van der Waals surface area contributed by atoms with Gasteiger partial charge in [-0.25, -0.2) is 9.80 Å². The van der Waals surface area contributed by atoms with Crippen LogP contribution in [0.3, 0.4) is 0 Å². The first-order valence-corrected chi connectivity index (χ1v) is 45.1. The molecule has 0 saturated heterocycles. The largest absolute Gasteiger partial charge is 0.268 e. The third kappa shape index (κ3) is 15.5. The van der Waals surface area contributed by atoms with Crippen molar-refractivity contribution < 1.29 is 19.2 Å². The Kier molecular flexibility index (Phi) is 25.4. The van der Waals surface area contributed by atoms with E-state index >= 15 is 19.2 Å². The molecule has 0 aromatic heterocycles. The van der Waals surface area contributed by atoms with Crippen LogP contribution in [0.4, 0.5) is 11.4 Å². The Morgan fingerprint density at radius 2 is 0.528 bits per heavy atom. The fourth-order valence-electron chi connectivity index (χ4n) is 18.3. The molecular weight excluding hydrogens is 1330 g/mol. The number of rotatable bonds is 28. The molecule has 0 aliphatic carbocycles. The molecule has 8 heteroatoms. The van der Waals surface area contributed by atoms with E-state index in [0.29, 0.717) is 77.6 Å². The molecule has 6 nitrogen and oxygen atoms in total. The number of amides is 4. The number of hydrogen-bond donors (Lipinski definition) is 0. The minimum Gasteiger partial charge on any atom is -0.268 e. The molecule has 0 unspecified atom stereocenters. The first-order valence-electron chi connectivity index (χ1n) is 40.7. The minimum atomic E-state index is -2.06. The Labute approximate surface area is 637 Å². The van der Waals surface area contributed by atoms with Crippen LogP contribution in [0, 0.1) is 46.6 Å². The van der Waals surface area contributed by atoms with Gasteiger partial charge in [-0.1, -0.05) is 248 Å². The number of hydrogen-bond acceptors (Lipinski definition) is 4. The third-order valence-corrected chi connectivity index (χ3v) is 36.6. The van der Waals surface area contributed by atoms with E-state index < -0.39 is 39.8 Å². The summed E-state index contributed by atoms with van der Waals surface area (Å²) in [6, 6.07) is 39.5. The first-order chi connectivity index (χ1) is 51.1. The number of imide groups is 2. The number of benzene rings is 9. The van der Waals surface area contributed by atoms with Gasteiger partial charge < -0.3 is 0 Å². The van der Waals surface area contributed by atoms with Crippen LogP contribution in [0.5, 0.6) is 0 Å². The zero-order valence-electron chi connectivity index (χ0n) is 66.7. The van der Waals surface area contributed by atoms with Crippen LogP contribution in [-0.4, -0.2) is 39.8 Å². The topological polar surface area (TPSA) is 74.8 Å². The smallest absolute Gasteiger partial charge is 0.265 e. The van der Waals surface area contributed by atoms with Crippen LogP contribution in [-0.2, 0) is 25.7 Å². The molecule has 9 aromatic rings. The molecule has 0 saturated carbocycles. The molecule has 2 heterocycles. The van der Waals surface area contributed by atoms with E-state index in [2.05, 4.69) is 182 Å². The molecule has 106 heavy (non-hydrogen) atoms. The quantitative estimate of drug-likeness (QED) is 0.0122. The van der Waals surface area contributed by atoms with Crippen molar-refractivity contribution in [3.05, 3.63) is 199 Å². The molecule has 9 aromatic carbocycles. The molecule has 0 radical (unpaired) electrons. The molecule has 548 valence electrons. The predicted octanol–water partition coefficient (Wildman–Crippen LogP) is 25.8. The van der Waals surface area contributed by atoms with Crippen LogP contribution >= 0.6 is 0 Å². The van der Waals surface area contributed by atoms with Gasteiger partial charge in [0.1, 0.15) is 16.1 Å². The molecule has 0 bridgehead atoms. The summed E-state index contributed by atoms with van der Waals surface area (Å²) in [5.74, 6) is 20.3.